The van der Waals surface area contributed by atoms with Crippen molar-refractivity contribution in [2.75, 3.05) is 7.11 Å². The van der Waals surface area contributed by atoms with Gasteiger partial charge in [0.2, 0.25) is 0 Å². The van der Waals surface area contributed by atoms with Crippen LogP contribution in [-0.4, -0.2) is 19.3 Å². The van der Waals surface area contributed by atoms with Crippen molar-refractivity contribution >= 4 is 41.5 Å². The number of rotatable bonds is 7. The highest BCUT2D eigenvalue weighted by Gasteiger charge is 2.12. The van der Waals surface area contributed by atoms with Crippen LogP contribution in [0.2, 0.25) is 10.0 Å². The van der Waals surface area contributed by atoms with E-state index in [1.54, 1.807) is 25.3 Å². The van der Waals surface area contributed by atoms with E-state index in [1.165, 1.54) is 12.1 Å². The first-order valence-corrected chi connectivity index (χ1v) is 9.90. The van der Waals surface area contributed by atoms with E-state index in [2.05, 4.69) is 5.32 Å². The van der Waals surface area contributed by atoms with Crippen molar-refractivity contribution in [1.29, 1.82) is 0 Å². The van der Waals surface area contributed by atoms with E-state index in [1.807, 2.05) is 42.5 Å². The smallest absolute Gasteiger partial charge is 0.253 e. The molecule has 30 heavy (non-hydrogen) atoms. The van der Waals surface area contributed by atoms with E-state index >= 15 is 0 Å². The third-order valence-electron chi connectivity index (χ3n) is 4.48. The minimum absolute atomic E-state index is 0.263. The van der Waals surface area contributed by atoms with E-state index < -0.39 is 0 Å². The molecule has 3 aromatic carbocycles. The van der Waals surface area contributed by atoms with Gasteiger partial charge in [0.05, 0.1) is 17.7 Å². The quantitative estimate of drug-likeness (QED) is 0.373. The minimum Gasteiger partial charge on any atom is -0.496 e. The summed E-state index contributed by atoms with van der Waals surface area (Å²) in [6.07, 6.45) is 3.95. The molecule has 0 radical (unpaired) electrons. The second-order valence-corrected chi connectivity index (χ2v) is 7.30. The molecule has 6 heteroatoms. The van der Waals surface area contributed by atoms with Gasteiger partial charge in [-0.25, -0.2) is 0 Å². The fourth-order valence-corrected chi connectivity index (χ4v) is 3.51. The number of methoxy groups -OCH3 is 1. The van der Waals surface area contributed by atoms with Crippen molar-refractivity contribution < 1.29 is 14.3 Å². The molecular formula is C24H19Cl2NO3. The summed E-state index contributed by atoms with van der Waals surface area (Å²) in [6.45, 7) is 0.263. The molecule has 0 spiro atoms. The number of hydrogen-bond donors (Lipinski definition) is 1. The van der Waals surface area contributed by atoms with Crippen molar-refractivity contribution in [2.45, 2.75) is 6.54 Å². The van der Waals surface area contributed by atoms with Gasteiger partial charge in [-0.2, -0.15) is 0 Å². The average Bonchev–Trinajstić information content (AvgIpc) is 2.76. The normalized spacial score (nSPS) is 10.8. The number of ether oxygens (including phenoxy) is 1. The average molecular weight is 440 g/mol. The Labute approximate surface area is 185 Å². The van der Waals surface area contributed by atoms with Gasteiger partial charge in [-0.05, 0) is 59.2 Å². The molecule has 0 saturated heterocycles. The van der Waals surface area contributed by atoms with Crippen LogP contribution >= 0.6 is 23.2 Å². The number of nitrogens with one attached hydrogen (secondary N) is 1. The molecule has 3 rings (SSSR count). The monoisotopic (exact) mass is 439 g/mol. The Morgan fingerprint density at radius 3 is 2.57 bits per heavy atom. The van der Waals surface area contributed by atoms with Crippen molar-refractivity contribution in [3.05, 3.63) is 93.5 Å². The van der Waals surface area contributed by atoms with Crippen LogP contribution < -0.4 is 10.1 Å². The standard InChI is InChI=1S/C24H19Cl2NO3/c1-30-23-10-7-18(17-6-2-4-16(12-17)5-3-11-28)13-19(23)15-27-24(29)21-9-8-20(25)14-22(21)26/h2-14H,15H2,1H3,(H,27,29)/b5-3+. The lowest BCUT2D eigenvalue weighted by Crippen LogP contribution is -2.23. The zero-order chi connectivity index (χ0) is 21.5. The predicted octanol–water partition coefficient (Wildman–Crippen LogP) is 5.81. The predicted molar refractivity (Wildman–Crippen MR) is 121 cm³/mol. The number of benzene rings is 3. The second-order valence-electron chi connectivity index (χ2n) is 6.45. The van der Waals surface area contributed by atoms with Gasteiger partial charge in [0.25, 0.3) is 5.91 Å². The first-order valence-electron chi connectivity index (χ1n) is 9.14. The summed E-state index contributed by atoms with van der Waals surface area (Å²) in [4.78, 5) is 23.1. The molecule has 0 saturated carbocycles. The van der Waals surface area contributed by atoms with Crippen LogP contribution in [0.1, 0.15) is 21.5 Å². The molecule has 0 aliphatic rings. The van der Waals surface area contributed by atoms with E-state index in [-0.39, 0.29) is 12.5 Å². The lowest BCUT2D eigenvalue weighted by atomic mass is 10.00. The molecular weight excluding hydrogens is 421 g/mol. The topological polar surface area (TPSA) is 55.4 Å². The number of carbonyl (C=O) groups excluding carboxylic acids is 2. The lowest BCUT2D eigenvalue weighted by molar-refractivity contribution is -0.104. The van der Waals surface area contributed by atoms with E-state index in [0.717, 1.165) is 28.5 Å². The van der Waals surface area contributed by atoms with Crippen molar-refractivity contribution in [3.8, 4) is 16.9 Å². The molecule has 0 bridgehead atoms. The Bertz CT molecular complexity index is 1110. The number of hydrogen-bond acceptors (Lipinski definition) is 3. The highest BCUT2D eigenvalue weighted by molar-refractivity contribution is 6.36. The van der Waals surface area contributed by atoms with Crippen LogP contribution in [0.3, 0.4) is 0 Å². The van der Waals surface area contributed by atoms with Gasteiger partial charge in [-0.3, -0.25) is 9.59 Å². The summed E-state index contributed by atoms with van der Waals surface area (Å²) >= 11 is 12.0. The fraction of sp³-hybridized carbons (Fsp3) is 0.0833. The van der Waals surface area contributed by atoms with Gasteiger partial charge in [0.15, 0.2) is 0 Å². The molecule has 4 nitrogen and oxygen atoms in total. The largest absolute Gasteiger partial charge is 0.496 e. The maximum absolute atomic E-state index is 12.5. The second kappa shape index (κ2) is 10.1. The minimum atomic E-state index is -0.301. The zero-order valence-corrected chi connectivity index (χ0v) is 17.7. The van der Waals surface area contributed by atoms with Crippen molar-refractivity contribution in [1.82, 2.24) is 5.32 Å². The Morgan fingerprint density at radius 2 is 1.83 bits per heavy atom. The molecule has 0 aliphatic heterocycles. The lowest BCUT2D eigenvalue weighted by Gasteiger charge is -2.13. The Balaban J connectivity index is 1.84. The van der Waals surface area contributed by atoms with Crippen LogP contribution in [0.25, 0.3) is 17.2 Å². The fourth-order valence-electron chi connectivity index (χ4n) is 3.01. The highest BCUT2D eigenvalue weighted by atomic mass is 35.5. The molecule has 0 aromatic heterocycles. The van der Waals surface area contributed by atoms with Crippen LogP contribution in [0.4, 0.5) is 0 Å². The Kier molecular flexibility index (Phi) is 7.28. The number of halogens is 2. The number of aldehydes is 1. The third kappa shape index (κ3) is 5.29. The maximum atomic E-state index is 12.5. The first-order chi connectivity index (χ1) is 14.5. The summed E-state index contributed by atoms with van der Waals surface area (Å²) in [7, 11) is 1.58. The molecule has 0 heterocycles. The summed E-state index contributed by atoms with van der Waals surface area (Å²) in [5.74, 6) is 0.364. The summed E-state index contributed by atoms with van der Waals surface area (Å²) in [6, 6.07) is 18.3. The molecule has 0 aliphatic carbocycles. The molecule has 0 unspecified atom stereocenters. The molecule has 1 N–H and O–H groups in total. The molecule has 0 fully saturated rings. The van der Waals surface area contributed by atoms with E-state index in [4.69, 9.17) is 27.9 Å². The molecule has 152 valence electrons. The maximum Gasteiger partial charge on any atom is 0.253 e. The SMILES string of the molecule is COc1ccc(-c2cccc(/C=C/C=O)c2)cc1CNC(=O)c1ccc(Cl)cc1Cl. The van der Waals surface area contributed by atoms with E-state index in [0.29, 0.717) is 21.4 Å². The van der Waals surface area contributed by atoms with Crippen LogP contribution in [0.15, 0.2) is 66.7 Å². The van der Waals surface area contributed by atoms with Gasteiger partial charge in [-0.15, -0.1) is 0 Å². The van der Waals surface area contributed by atoms with Crippen molar-refractivity contribution in [3.63, 3.8) is 0 Å². The number of allylic oxidation sites excluding steroid dienone is 1. The molecule has 1 amide bonds. The van der Waals surface area contributed by atoms with Crippen LogP contribution in [0.5, 0.6) is 5.75 Å². The van der Waals surface area contributed by atoms with E-state index in [9.17, 15) is 9.59 Å². The Morgan fingerprint density at radius 1 is 1.03 bits per heavy atom. The van der Waals surface area contributed by atoms with Crippen LogP contribution in [-0.2, 0) is 11.3 Å². The summed E-state index contributed by atoms with van der Waals surface area (Å²) < 4.78 is 5.45. The van der Waals surface area contributed by atoms with Gasteiger partial charge in [0, 0.05) is 17.1 Å². The number of amides is 1. The Hall–Kier alpha value is -3.08. The summed E-state index contributed by atoms with van der Waals surface area (Å²) in [5.41, 5.74) is 4.04. The van der Waals surface area contributed by atoms with Crippen LogP contribution in [0, 0.1) is 0 Å². The molecule has 3 aromatic rings. The van der Waals surface area contributed by atoms with Gasteiger partial charge in [0.1, 0.15) is 12.0 Å². The number of carbonyl (C=O) groups is 2. The molecule has 0 atom stereocenters. The van der Waals surface area contributed by atoms with Gasteiger partial charge in [-0.1, -0.05) is 53.5 Å². The summed E-state index contributed by atoms with van der Waals surface area (Å²) in [5, 5.41) is 3.63. The third-order valence-corrected chi connectivity index (χ3v) is 5.03. The first kappa shape index (κ1) is 21.6. The van der Waals surface area contributed by atoms with Gasteiger partial charge < -0.3 is 10.1 Å². The highest BCUT2D eigenvalue weighted by Crippen LogP contribution is 2.28. The zero-order valence-electron chi connectivity index (χ0n) is 16.2. The van der Waals surface area contributed by atoms with Crippen molar-refractivity contribution in [2.24, 2.45) is 0 Å². The van der Waals surface area contributed by atoms with Gasteiger partial charge >= 0.3 is 0 Å².